The van der Waals surface area contributed by atoms with Crippen LogP contribution in [0.4, 0.5) is 5.69 Å². The van der Waals surface area contributed by atoms with Crippen LogP contribution in [0.2, 0.25) is 0 Å². The summed E-state index contributed by atoms with van der Waals surface area (Å²) in [5, 5.41) is 0. The number of hydrogen-bond donors (Lipinski definition) is 0. The van der Waals surface area contributed by atoms with Crippen molar-refractivity contribution in [3.63, 3.8) is 0 Å². The molecule has 0 spiro atoms. The number of nitrogens with zero attached hydrogens (tertiary/aromatic N) is 4. The Kier molecular flexibility index (Phi) is 5.40. The van der Waals surface area contributed by atoms with Crippen molar-refractivity contribution >= 4 is 33.1 Å². The topological polar surface area (TPSA) is 58.4 Å². The standard InChI is InChI=1S/C23H28N4O2S/c1-14(2)27-13-24-20-19(17(5)30-21(20)23(27)29)22(28)26-10-8-25(9-11-26)18-12-15(3)6-7-16(18)4/h6-7,12-14H,8-11H2,1-5H3. The molecule has 7 heteroatoms. The number of carbonyl (C=O) groups excluding carboxylic acids is 1. The maximum absolute atomic E-state index is 13.4. The van der Waals surface area contributed by atoms with Crippen molar-refractivity contribution in [1.29, 1.82) is 0 Å². The van der Waals surface area contributed by atoms with Gasteiger partial charge in [0.05, 0.1) is 11.9 Å². The van der Waals surface area contributed by atoms with Crippen molar-refractivity contribution in [1.82, 2.24) is 14.5 Å². The highest BCUT2D eigenvalue weighted by atomic mass is 32.1. The molecule has 1 aromatic carbocycles. The summed E-state index contributed by atoms with van der Waals surface area (Å²) in [6.45, 7) is 13.0. The largest absolute Gasteiger partial charge is 0.368 e. The lowest BCUT2D eigenvalue weighted by atomic mass is 10.1. The molecular weight excluding hydrogens is 396 g/mol. The third-order valence-electron chi connectivity index (χ3n) is 5.84. The Morgan fingerprint density at radius 1 is 1.10 bits per heavy atom. The Bertz CT molecular complexity index is 1170. The van der Waals surface area contributed by atoms with Gasteiger partial charge in [-0.2, -0.15) is 0 Å². The smallest absolute Gasteiger partial charge is 0.271 e. The molecule has 158 valence electrons. The lowest BCUT2D eigenvalue weighted by Gasteiger charge is -2.37. The second kappa shape index (κ2) is 7.87. The molecule has 0 radical (unpaired) electrons. The van der Waals surface area contributed by atoms with Crippen LogP contribution in [0.25, 0.3) is 10.2 Å². The summed E-state index contributed by atoms with van der Waals surface area (Å²) in [4.78, 5) is 35.8. The summed E-state index contributed by atoms with van der Waals surface area (Å²) in [5.74, 6) is -0.0199. The van der Waals surface area contributed by atoms with Crippen molar-refractivity contribution in [2.75, 3.05) is 31.1 Å². The average molecular weight is 425 g/mol. The Balaban J connectivity index is 1.58. The van der Waals surface area contributed by atoms with Crippen LogP contribution in [-0.4, -0.2) is 46.5 Å². The van der Waals surface area contributed by atoms with E-state index in [1.807, 2.05) is 25.7 Å². The fourth-order valence-corrected chi connectivity index (χ4v) is 5.12. The van der Waals surface area contributed by atoms with Crippen LogP contribution >= 0.6 is 11.3 Å². The second-order valence-corrected chi connectivity index (χ2v) is 9.56. The van der Waals surface area contributed by atoms with Gasteiger partial charge in [-0.1, -0.05) is 12.1 Å². The molecule has 2 aromatic heterocycles. The molecule has 1 aliphatic rings. The van der Waals surface area contributed by atoms with Gasteiger partial charge >= 0.3 is 0 Å². The third-order valence-corrected chi connectivity index (χ3v) is 6.92. The van der Waals surface area contributed by atoms with Crippen LogP contribution in [-0.2, 0) is 0 Å². The van der Waals surface area contributed by atoms with Gasteiger partial charge in [0.1, 0.15) is 10.2 Å². The van der Waals surface area contributed by atoms with E-state index < -0.39 is 0 Å². The van der Waals surface area contributed by atoms with Crippen LogP contribution in [0, 0.1) is 20.8 Å². The minimum absolute atomic E-state index is 0.0199. The number of fused-ring (bicyclic) bond motifs is 1. The fourth-order valence-electron chi connectivity index (χ4n) is 4.08. The fraction of sp³-hybridized carbons (Fsp3) is 0.435. The number of aryl methyl sites for hydroxylation is 3. The summed E-state index contributed by atoms with van der Waals surface area (Å²) in [6, 6.07) is 6.53. The summed E-state index contributed by atoms with van der Waals surface area (Å²) in [7, 11) is 0. The van der Waals surface area contributed by atoms with Crippen LogP contribution in [0.1, 0.15) is 46.3 Å². The maximum Gasteiger partial charge on any atom is 0.271 e. The number of rotatable bonds is 3. The molecule has 0 saturated carbocycles. The van der Waals surface area contributed by atoms with Gasteiger partial charge < -0.3 is 9.80 Å². The molecular formula is C23H28N4O2S. The van der Waals surface area contributed by atoms with Gasteiger partial charge in [-0.25, -0.2) is 4.98 Å². The van der Waals surface area contributed by atoms with Crippen LogP contribution < -0.4 is 10.5 Å². The number of aromatic nitrogens is 2. The molecule has 3 heterocycles. The summed E-state index contributed by atoms with van der Waals surface area (Å²) in [6.07, 6.45) is 1.57. The van der Waals surface area contributed by atoms with Crippen LogP contribution in [0.5, 0.6) is 0 Å². The first-order valence-corrected chi connectivity index (χ1v) is 11.2. The lowest BCUT2D eigenvalue weighted by molar-refractivity contribution is 0.0748. The highest BCUT2D eigenvalue weighted by molar-refractivity contribution is 7.19. The molecule has 1 aliphatic heterocycles. The van der Waals surface area contributed by atoms with E-state index in [1.165, 1.54) is 28.2 Å². The quantitative estimate of drug-likeness (QED) is 0.639. The zero-order chi connectivity index (χ0) is 21.6. The van der Waals surface area contributed by atoms with Gasteiger partial charge in [0.15, 0.2) is 0 Å². The minimum atomic E-state index is -0.0677. The van der Waals surface area contributed by atoms with Gasteiger partial charge in [-0.05, 0) is 51.8 Å². The van der Waals surface area contributed by atoms with E-state index in [-0.39, 0.29) is 17.5 Å². The highest BCUT2D eigenvalue weighted by Crippen LogP contribution is 2.29. The van der Waals surface area contributed by atoms with E-state index >= 15 is 0 Å². The van der Waals surface area contributed by atoms with E-state index in [0.29, 0.717) is 28.9 Å². The minimum Gasteiger partial charge on any atom is -0.368 e. The Morgan fingerprint density at radius 3 is 2.47 bits per heavy atom. The number of amides is 1. The highest BCUT2D eigenvalue weighted by Gasteiger charge is 2.28. The first-order chi connectivity index (χ1) is 14.3. The van der Waals surface area contributed by atoms with E-state index in [1.54, 1.807) is 10.9 Å². The van der Waals surface area contributed by atoms with Gasteiger partial charge in [-0.3, -0.25) is 14.2 Å². The van der Waals surface area contributed by atoms with E-state index in [0.717, 1.165) is 18.0 Å². The average Bonchev–Trinajstić information content (AvgIpc) is 3.06. The SMILES string of the molecule is Cc1ccc(C)c(N2CCN(C(=O)c3c(C)sc4c(=O)n(C(C)C)cnc34)CC2)c1. The zero-order valence-electron chi connectivity index (χ0n) is 18.2. The number of carbonyl (C=O) groups is 1. The number of thiophene rings is 1. The number of anilines is 1. The molecule has 4 rings (SSSR count). The van der Waals surface area contributed by atoms with Crippen molar-refractivity contribution in [2.24, 2.45) is 0 Å². The summed E-state index contributed by atoms with van der Waals surface area (Å²) < 4.78 is 2.19. The monoisotopic (exact) mass is 424 g/mol. The lowest BCUT2D eigenvalue weighted by Crippen LogP contribution is -2.49. The first kappa shape index (κ1) is 20.6. The maximum atomic E-state index is 13.4. The molecule has 0 bridgehead atoms. The predicted octanol–water partition coefficient (Wildman–Crippen LogP) is 3.93. The number of hydrogen-bond acceptors (Lipinski definition) is 5. The predicted molar refractivity (Wildman–Crippen MR) is 123 cm³/mol. The molecule has 6 nitrogen and oxygen atoms in total. The van der Waals surface area contributed by atoms with Crippen molar-refractivity contribution in [3.8, 4) is 0 Å². The normalized spacial score (nSPS) is 14.7. The second-order valence-electron chi connectivity index (χ2n) is 8.33. The number of piperazine rings is 1. The Hall–Kier alpha value is -2.67. The van der Waals surface area contributed by atoms with Crippen molar-refractivity contribution < 1.29 is 4.79 Å². The molecule has 1 fully saturated rings. The van der Waals surface area contributed by atoms with E-state index in [9.17, 15) is 9.59 Å². The molecule has 30 heavy (non-hydrogen) atoms. The third kappa shape index (κ3) is 3.51. The number of benzene rings is 1. The van der Waals surface area contributed by atoms with Gasteiger partial charge in [0, 0.05) is 42.8 Å². The van der Waals surface area contributed by atoms with Gasteiger partial charge in [0.25, 0.3) is 11.5 Å². The van der Waals surface area contributed by atoms with Crippen molar-refractivity contribution in [2.45, 2.75) is 40.7 Å². The zero-order valence-corrected chi connectivity index (χ0v) is 19.0. The van der Waals surface area contributed by atoms with Crippen molar-refractivity contribution in [3.05, 3.63) is 56.4 Å². The molecule has 1 saturated heterocycles. The van der Waals surface area contributed by atoms with E-state index in [4.69, 9.17) is 0 Å². The summed E-state index contributed by atoms with van der Waals surface area (Å²) in [5.41, 5.74) is 4.81. The van der Waals surface area contributed by atoms with Gasteiger partial charge in [-0.15, -0.1) is 11.3 Å². The van der Waals surface area contributed by atoms with E-state index in [2.05, 4.69) is 41.9 Å². The molecule has 3 aromatic rings. The molecule has 0 aliphatic carbocycles. The van der Waals surface area contributed by atoms with Crippen LogP contribution in [0.3, 0.4) is 0 Å². The Morgan fingerprint density at radius 2 is 1.80 bits per heavy atom. The molecule has 1 amide bonds. The molecule has 0 atom stereocenters. The molecule has 0 unspecified atom stereocenters. The first-order valence-electron chi connectivity index (χ1n) is 10.4. The summed E-state index contributed by atoms with van der Waals surface area (Å²) >= 11 is 1.38. The Labute approximate surface area is 180 Å². The van der Waals surface area contributed by atoms with Crippen LogP contribution in [0.15, 0.2) is 29.3 Å². The van der Waals surface area contributed by atoms with Gasteiger partial charge in [0.2, 0.25) is 0 Å². The molecule has 0 N–H and O–H groups in total.